The van der Waals surface area contributed by atoms with Gasteiger partial charge in [-0.2, -0.15) is 0 Å². The van der Waals surface area contributed by atoms with E-state index < -0.39 is 12.8 Å². The average Bonchev–Trinajstić information content (AvgIpc) is 2.46. The van der Waals surface area contributed by atoms with Crippen molar-refractivity contribution in [2.45, 2.75) is 47.4 Å². The number of ketones is 1. The summed E-state index contributed by atoms with van der Waals surface area (Å²) >= 11 is 0. The Kier molecular flexibility index (Phi) is 4.96. The lowest BCUT2D eigenvalue weighted by Gasteiger charge is -2.32. The number of rotatable bonds is 5. The number of carbonyl (C=O) groups is 2. The number of carboxylic acids is 1. The molecule has 0 fully saturated rings. The van der Waals surface area contributed by atoms with Crippen molar-refractivity contribution < 1.29 is 18.8 Å². The minimum Gasteiger partial charge on any atom is -0.478 e. The van der Waals surface area contributed by atoms with E-state index in [9.17, 15) is 9.59 Å². The van der Waals surface area contributed by atoms with Crippen molar-refractivity contribution in [2.75, 3.05) is 0 Å². The maximum absolute atomic E-state index is 12.2. The third-order valence-corrected chi connectivity index (χ3v) is 3.84. The smallest absolute Gasteiger partial charge is 0.328 e. The van der Waals surface area contributed by atoms with Gasteiger partial charge in [0.2, 0.25) is 0 Å². The van der Waals surface area contributed by atoms with Gasteiger partial charge in [0.1, 0.15) is 0 Å². The van der Waals surface area contributed by atoms with Gasteiger partial charge < -0.3 is 5.11 Å². The quantitative estimate of drug-likeness (QED) is 0.586. The Morgan fingerprint density at radius 3 is 2.57 bits per heavy atom. The highest BCUT2D eigenvalue weighted by molar-refractivity contribution is 5.97. The zero-order valence-corrected chi connectivity index (χ0v) is 14.1. The van der Waals surface area contributed by atoms with Gasteiger partial charge in [-0.25, -0.2) is 4.79 Å². The molecule has 0 amide bonds. The Morgan fingerprint density at radius 2 is 1.96 bits per heavy atom. The fourth-order valence-electron chi connectivity index (χ4n) is 2.35. The van der Waals surface area contributed by atoms with E-state index >= 15 is 0 Å². The summed E-state index contributed by atoms with van der Waals surface area (Å²) in [4.78, 5) is 22.8. The van der Waals surface area contributed by atoms with Crippen LogP contribution in [0.4, 0.5) is 0 Å². The maximum Gasteiger partial charge on any atom is 0.328 e. The Bertz CT molecular complexity index is 730. The molecule has 0 radical (unpaired) electrons. The van der Waals surface area contributed by atoms with E-state index in [1.165, 1.54) is 0 Å². The molecule has 124 valence electrons. The summed E-state index contributed by atoms with van der Waals surface area (Å²) in [7, 11) is 0. The first-order valence-electron chi connectivity index (χ1n) is 9.07. The molecular weight excluding hydrogens is 288 g/mol. The Hall–Kier alpha value is -2.16. The zero-order valence-electron chi connectivity index (χ0n) is 17.1. The highest BCUT2D eigenvalue weighted by Gasteiger charge is 2.30. The van der Waals surface area contributed by atoms with E-state index in [-0.39, 0.29) is 23.2 Å². The normalized spacial score (nSPS) is 22.4. The third kappa shape index (κ3) is 5.85. The van der Waals surface area contributed by atoms with Crippen LogP contribution in [0.3, 0.4) is 0 Å². The van der Waals surface area contributed by atoms with E-state index in [4.69, 9.17) is 9.22 Å². The molecule has 1 rings (SSSR count). The summed E-state index contributed by atoms with van der Waals surface area (Å²) in [6, 6.07) is 0. The number of hydrogen-bond donors (Lipinski definition) is 1. The molecule has 0 bridgehead atoms. The molecule has 0 atom stereocenters. The molecule has 1 N–H and O–H groups in total. The first-order chi connectivity index (χ1) is 11.8. The van der Waals surface area contributed by atoms with Crippen LogP contribution >= 0.6 is 0 Å². The topological polar surface area (TPSA) is 54.4 Å². The van der Waals surface area contributed by atoms with E-state index in [0.29, 0.717) is 17.6 Å². The molecule has 0 aromatic heterocycles. The Morgan fingerprint density at radius 1 is 1.26 bits per heavy atom. The fourth-order valence-corrected chi connectivity index (χ4v) is 2.35. The Balaban J connectivity index is 3.15. The lowest BCUT2D eigenvalue weighted by Crippen LogP contribution is -2.24. The van der Waals surface area contributed by atoms with Crippen molar-refractivity contribution in [2.24, 2.45) is 5.41 Å². The second kappa shape index (κ2) is 7.91. The second-order valence-corrected chi connectivity index (χ2v) is 6.43. The average molecular weight is 317 g/mol. The van der Waals surface area contributed by atoms with Gasteiger partial charge in [-0.3, -0.25) is 4.79 Å². The molecule has 0 heterocycles. The Labute approximate surface area is 143 Å². The van der Waals surface area contributed by atoms with Crippen LogP contribution < -0.4 is 0 Å². The largest absolute Gasteiger partial charge is 0.478 e. The van der Waals surface area contributed by atoms with E-state index in [1.807, 2.05) is 20.8 Å². The molecule has 0 saturated heterocycles. The molecule has 0 spiro atoms. The number of allylic oxidation sites excluding steroid dienone is 9. The summed E-state index contributed by atoms with van der Waals surface area (Å²) in [5.41, 5.74) is 1.58. The summed E-state index contributed by atoms with van der Waals surface area (Å²) in [6.45, 7) is 5.01. The molecule has 3 nitrogen and oxygen atoms in total. The molecule has 0 aromatic rings. The second-order valence-electron chi connectivity index (χ2n) is 6.43. The molecule has 0 unspecified atom stereocenters. The summed E-state index contributed by atoms with van der Waals surface area (Å²) in [5.74, 6) is -1.30. The van der Waals surface area contributed by atoms with Gasteiger partial charge in [-0.1, -0.05) is 49.8 Å². The molecule has 3 heteroatoms. The maximum atomic E-state index is 12.2. The van der Waals surface area contributed by atoms with Crippen LogP contribution in [-0.2, 0) is 9.59 Å². The molecule has 0 aromatic carbocycles. The van der Waals surface area contributed by atoms with E-state index in [2.05, 4.69) is 0 Å². The van der Waals surface area contributed by atoms with Crippen LogP contribution in [0.25, 0.3) is 0 Å². The van der Waals surface area contributed by atoms with Crippen molar-refractivity contribution in [3.63, 3.8) is 0 Å². The number of Topliss-reactive ketones (excluding diaryl/α,β-unsaturated/α-hetero) is 1. The molecule has 0 saturated carbocycles. The van der Waals surface area contributed by atoms with Gasteiger partial charge in [0.05, 0.1) is 0 Å². The first-order valence-corrected chi connectivity index (χ1v) is 7.57. The number of carbonyl (C=O) groups excluding carboxylic acids is 1. The van der Waals surface area contributed by atoms with Crippen LogP contribution in [-0.4, -0.2) is 16.9 Å². The lowest BCUT2D eigenvalue weighted by atomic mass is 9.72. The fraction of sp³-hybridized carbons (Fsp3) is 0.400. The van der Waals surface area contributed by atoms with Crippen LogP contribution in [0, 0.1) is 5.41 Å². The van der Waals surface area contributed by atoms with E-state index in [1.54, 1.807) is 37.3 Å². The highest BCUT2D eigenvalue weighted by atomic mass is 16.4. The lowest BCUT2D eigenvalue weighted by molar-refractivity contribution is -0.131. The van der Waals surface area contributed by atoms with Crippen molar-refractivity contribution in [3.8, 4) is 0 Å². The van der Waals surface area contributed by atoms with Crippen molar-refractivity contribution in [1.82, 2.24) is 0 Å². The van der Waals surface area contributed by atoms with Crippen LogP contribution in [0.15, 0.2) is 58.7 Å². The molecule has 1 aliphatic carbocycles. The van der Waals surface area contributed by atoms with Crippen LogP contribution in [0.2, 0.25) is 0 Å². The van der Waals surface area contributed by atoms with E-state index in [0.717, 1.165) is 11.6 Å². The van der Waals surface area contributed by atoms with Gasteiger partial charge in [0.25, 0.3) is 0 Å². The highest BCUT2D eigenvalue weighted by Crippen LogP contribution is 2.39. The summed E-state index contributed by atoms with van der Waals surface area (Å²) < 4.78 is 23.1. The van der Waals surface area contributed by atoms with Crippen molar-refractivity contribution >= 4 is 11.8 Å². The number of hydrogen-bond acceptors (Lipinski definition) is 2. The number of carboxylic acid groups (broad SMARTS) is 1. The molecule has 1 aliphatic rings. The number of aliphatic carboxylic acids is 1. The standard InChI is InChI=1S/C20H26O3/c1-14(7-6-8-15(2)13-19(22)23)9-10-17-16(3)18(21)11-12-20(17,4)5/h6-10,13H,11-12H2,1-5H3,(H,22,23)/b8-6+,10-9+,14-7+,15-13-/i3D3. The van der Waals surface area contributed by atoms with Gasteiger partial charge >= 0.3 is 5.97 Å². The van der Waals surface area contributed by atoms with Crippen molar-refractivity contribution in [1.29, 1.82) is 0 Å². The minimum absolute atomic E-state index is 0.0615. The van der Waals surface area contributed by atoms with Crippen LogP contribution in [0.1, 0.15) is 51.5 Å². The molecule has 23 heavy (non-hydrogen) atoms. The first kappa shape index (κ1) is 14.4. The van der Waals surface area contributed by atoms with Gasteiger partial charge in [-0.05, 0) is 49.3 Å². The minimum atomic E-state index is -2.43. The SMILES string of the molecule is [2H]C([2H])([2H])C1=C(/C=C/C(C)=C/C=C/C(C)=C\C(=O)O)C(C)(C)CCC1=O. The molecule has 0 aliphatic heterocycles. The van der Waals surface area contributed by atoms with Gasteiger partial charge in [-0.15, -0.1) is 0 Å². The van der Waals surface area contributed by atoms with Gasteiger partial charge in [0.15, 0.2) is 5.78 Å². The van der Waals surface area contributed by atoms with Crippen LogP contribution in [0.5, 0.6) is 0 Å². The predicted octanol–water partition coefficient (Wildman–Crippen LogP) is 4.78. The predicted molar refractivity (Wildman–Crippen MR) is 94.2 cm³/mol. The third-order valence-electron chi connectivity index (χ3n) is 3.84. The monoisotopic (exact) mass is 317 g/mol. The van der Waals surface area contributed by atoms with Crippen molar-refractivity contribution in [3.05, 3.63) is 58.7 Å². The summed E-state index contributed by atoms with van der Waals surface area (Å²) in [6.07, 6.45) is 10.7. The zero-order chi connectivity index (χ0) is 20.1. The summed E-state index contributed by atoms with van der Waals surface area (Å²) in [5, 5.41) is 8.67. The molecular formula is C20H26O3. The van der Waals surface area contributed by atoms with Gasteiger partial charge in [0, 0.05) is 16.6 Å².